The molecule has 0 bridgehead atoms. The van der Waals surface area contributed by atoms with Gasteiger partial charge in [-0.05, 0) is 77.5 Å². The van der Waals surface area contributed by atoms with E-state index in [4.69, 9.17) is 16.3 Å². The van der Waals surface area contributed by atoms with Gasteiger partial charge in [0.25, 0.3) is 0 Å². The van der Waals surface area contributed by atoms with E-state index in [1.54, 1.807) is 6.92 Å². The fraction of sp³-hybridized carbons (Fsp3) is 0.621. The van der Waals surface area contributed by atoms with Crippen molar-refractivity contribution in [3.05, 3.63) is 35.0 Å². The molecule has 0 N–H and O–H groups in total. The maximum absolute atomic E-state index is 14.0. The van der Waals surface area contributed by atoms with E-state index in [1.165, 1.54) is 6.42 Å². The zero-order valence-corrected chi connectivity index (χ0v) is 22.8. The number of halogens is 1. The van der Waals surface area contributed by atoms with Crippen LogP contribution >= 0.6 is 11.6 Å². The highest BCUT2D eigenvalue weighted by molar-refractivity contribution is 6.31. The van der Waals surface area contributed by atoms with Gasteiger partial charge in [0.2, 0.25) is 5.91 Å². The second-order valence-corrected chi connectivity index (χ2v) is 12.0. The molecule has 1 aromatic heterocycles. The van der Waals surface area contributed by atoms with E-state index < -0.39 is 5.60 Å². The Morgan fingerprint density at radius 2 is 1.81 bits per heavy atom. The first-order valence-electron chi connectivity index (χ1n) is 13.3. The minimum absolute atomic E-state index is 0.00454. The van der Waals surface area contributed by atoms with Gasteiger partial charge >= 0.3 is 5.97 Å². The van der Waals surface area contributed by atoms with E-state index in [9.17, 15) is 14.4 Å². The van der Waals surface area contributed by atoms with E-state index in [0.29, 0.717) is 23.7 Å². The van der Waals surface area contributed by atoms with Crippen LogP contribution in [-0.4, -0.2) is 45.3 Å². The number of rotatable bonds is 7. The molecule has 1 aromatic carbocycles. The molecule has 6 nitrogen and oxygen atoms in total. The third kappa shape index (κ3) is 6.13. The van der Waals surface area contributed by atoms with Gasteiger partial charge in [-0.2, -0.15) is 0 Å². The van der Waals surface area contributed by atoms with Gasteiger partial charge < -0.3 is 14.2 Å². The average Bonchev–Trinajstić information content (AvgIpc) is 3.41. The summed E-state index contributed by atoms with van der Waals surface area (Å²) in [5, 5.41) is 1.44. The first kappa shape index (κ1) is 26.7. The molecular formula is C29H39ClN2O4. The van der Waals surface area contributed by atoms with E-state index in [1.807, 2.05) is 50.1 Å². The number of carbonyl (C=O) groups is 3. The molecule has 196 valence electrons. The van der Waals surface area contributed by atoms with E-state index in [-0.39, 0.29) is 42.0 Å². The van der Waals surface area contributed by atoms with Gasteiger partial charge in [-0.3, -0.25) is 14.4 Å². The standard InChI is InChI=1S/C29H39ClN2O4/c1-19(33)25-18-31(26-13-12-21(30)15-24(25)26)17-22-11-8-14-32(22)28(35)23(20-9-6-5-7-10-20)16-27(34)36-29(2,3)4/h12-13,15,18,20,22-23H,5-11,14,16-17H2,1-4H3/t22-,23-/m0/s1. The van der Waals surface area contributed by atoms with Crippen LogP contribution in [0.25, 0.3) is 10.9 Å². The number of hydrogen-bond donors (Lipinski definition) is 0. The Morgan fingerprint density at radius 3 is 2.47 bits per heavy atom. The predicted molar refractivity (Wildman–Crippen MR) is 142 cm³/mol. The lowest BCUT2D eigenvalue weighted by Gasteiger charge is -2.35. The van der Waals surface area contributed by atoms with Crippen molar-refractivity contribution in [3.63, 3.8) is 0 Å². The minimum atomic E-state index is -0.569. The zero-order valence-electron chi connectivity index (χ0n) is 22.0. The molecule has 1 aliphatic carbocycles. The van der Waals surface area contributed by atoms with Crippen LogP contribution in [0.4, 0.5) is 0 Å². The molecule has 4 rings (SSSR count). The number of Topliss-reactive ketones (excluding diaryl/α,β-unsaturated/α-hetero) is 1. The van der Waals surface area contributed by atoms with Crippen molar-refractivity contribution in [2.45, 2.75) is 97.2 Å². The number of amides is 1. The lowest BCUT2D eigenvalue weighted by atomic mass is 9.77. The quantitative estimate of drug-likeness (QED) is 0.316. The third-order valence-electron chi connectivity index (χ3n) is 7.63. The van der Waals surface area contributed by atoms with E-state index in [0.717, 1.165) is 49.4 Å². The smallest absolute Gasteiger partial charge is 0.307 e. The molecule has 1 aliphatic heterocycles. The van der Waals surface area contributed by atoms with Crippen LogP contribution in [0.5, 0.6) is 0 Å². The largest absolute Gasteiger partial charge is 0.460 e. The molecule has 2 heterocycles. The van der Waals surface area contributed by atoms with Crippen molar-refractivity contribution in [1.82, 2.24) is 9.47 Å². The van der Waals surface area contributed by atoms with Crippen molar-refractivity contribution >= 4 is 40.2 Å². The number of aromatic nitrogens is 1. The summed E-state index contributed by atoms with van der Waals surface area (Å²) in [7, 11) is 0. The Morgan fingerprint density at radius 1 is 1.08 bits per heavy atom. The van der Waals surface area contributed by atoms with Crippen LogP contribution in [0.1, 0.15) is 89.4 Å². The van der Waals surface area contributed by atoms with Gasteiger partial charge in [0, 0.05) is 46.8 Å². The third-order valence-corrected chi connectivity index (χ3v) is 7.87. The summed E-state index contributed by atoms with van der Waals surface area (Å²) in [6.45, 7) is 8.47. The molecule has 7 heteroatoms. The fourth-order valence-electron chi connectivity index (χ4n) is 6.01. The number of benzene rings is 1. The number of esters is 1. The molecule has 0 spiro atoms. The fourth-order valence-corrected chi connectivity index (χ4v) is 6.18. The highest BCUT2D eigenvalue weighted by Gasteiger charge is 2.39. The highest BCUT2D eigenvalue weighted by atomic mass is 35.5. The number of carbonyl (C=O) groups excluding carboxylic acids is 3. The minimum Gasteiger partial charge on any atom is -0.460 e. The van der Waals surface area contributed by atoms with Crippen molar-refractivity contribution in [3.8, 4) is 0 Å². The Bertz CT molecular complexity index is 1130. The van der Waals surface area contributed by atoms with Crippen LogP contribution in [0, 0.1) is 11.8 Å². The van der Waals surface area contributed by atoms with Gasteiger partial charge in [0.15, 0.2) is 5.78 Å². The number of ketones is 1. The summed E-state index contributed by atoms with van der Waals surface area (Å²) in [5.41, 5.74) is 1.02. The van der Waals surface area contributed by atoms with Crippen LogP contribution in [-0.2, 0) is 20.9 Å². The molecule has 1 amide bonds. The van der Waals surface area contributed by atoms with Crippen molar-refractivity contribution in [2.75, 3.05) is 6.54 Å². The second-order valence-electron chi connectivity index (χ2n) is 11.5. The SMILES string of the molecule is CC(=O)c1cn(C[C@@H]2CCCN2C(=O)[C@@H](CC(=O)OC(C)(C)C)C2CCCCC2)c2ccc(Cl)cc12. The Balaban J connectivity index is 1.57. The lowest BCUT2D eigenvalue weighted by Crippen LogP contribution is -2.45. The molecule has 2 atom stereocenters. The maximum Gasteiger partial charge on any atom is 0.307 e. The summed E-state index contributed by atoms with van der Waals surface area (Å²) in [5.74, 6) is -0.328. The van der Waals surface area contributed by atoms with Gasteiger partial charge in [-0.25, -0.2) is 0 Å². The summed E-state index contributed by atoms with van der Waals surface area (Å²) < 4.78 is 7.71. The van der Waals surface area contributed by atoms with Crippen LogP contribution in [0.3, 0.4) is 0 Å². The summed E-state index contributed by atoms with van der Waals surface area (Å²) in [6.07, 6.45) is 9.26. The first-order chi connectivity index (χ1) is 17.0. The van der Waals surface area contributed by atoms with Gasteiger partial charge in [0.1, 0.15) is 5.60 Å². The topological polar surface area (TPSA) is 68.6 Å². The second kappa shape index (κ2) is 11.0. The number of nitrogens with zero attached hydrogens (tertiary/aromatic N) is 2. The molecule has 2 aromatic rings. The van der Waals surface area contributed by atoms with Crippen LogP contribution < -0.4 is 0 Å². The zero-order chi connectivity index (χ0) is 26.0. The number of hydrogen-bond acceptors (Lipinski definition) is 4. The normalized spacial score (nSPS) is 20.0. The molecule has 0 unspecified atom stereocenters. The summed E-state index contributed by atoms with van der Waals surface area (Å²) in [6, 6.07) is 5.63. The van der Waals surface area contributed by atoms with E-state index in [2.05, 4.69) is 4.57 Å². The molecule has 1 saturated carbocycles. The van der Waals surface area contributed by atoms with Crippen LogP contribution in [0.2, 0.25) is 5.02 Å². The Kier molecular flexibility index (Phi) is 8.13. The lowest BCUT2D eigenvalue weighted by molar-refractivity contribution is -0.160. The average molecular weight is 515 g/mol. The van der Waals surface area contributed by atoms with Gasteiger partial charge in [-0.1, -0.05) is 30.9 Å². The Hall–Kier alpha value is -2.34. The van der Waals surface area contributed by atoms with Gasteiger partial charge in [0.05, 0.1) is 12.3 Å². The number of ether oxygens (including phenoxy) is 1. The maximum atomic E-state index is 14.0. The number of likely N-dealkylation sites (tertiary alicyclic amines) is 1. The summed E-state index contributed by atoms with van der Waals surface area (Å²) in [4.78, 5) is 41.1. The van der Waals surface area contributed by atoms with Crippen LogP contribution in [0.15, 0.2) is 24.4 Å². The monoisotopic (exact) mass is 514 g/mol. The molecule has 2 fully saturated rings. The molecule has 1 saturated heterocycles. The molecule has 2 aliphatic rings. The molecular weight excluding hydrogens is 476 g/mol. The Labute approximate surface area is 219 Å². The molecule has 36 heavy (non-hydrogen) atoms. The van der Waals surface area contributed by atoms with Crippen molar-refractivity contribution < 1.29 is 19.1 Å². The molecule has 0 radical (unpaired) electrons. The van der Waals surface area contributed by atoms with Crippen molar-refractivity contribution in [2.24, 2.45) is 11.8 Å². The first-order valence-corrected chi connectivity index (χ1v) is 13.7. The number of fused-ring (bicyclic) bond motifs is 1. The predicted octanol–water partition coefficient (Wildman–Crippen LogP) is 6.42. The summed E-state index contributed by atoms with van der Waals surface area (Å²) >= 11 is 6.22. The van der Waals surface area contributed by atoms with Gasteiger partial charge in [-0.15, -0.1) is 0 Å². The van der Waals surface area contributed by atoms with E-state index >= 15 is 0 Å². The van der Waals surface area contributed by atoms with Crippen molar-refractivity contribution in [1.29, 1.82) is 0 Å². The highest BCUT2D eigenvalue weighted by Crippen LogP contribution is 2.36.